The molecule has 0 radical (unpaired) electrons. The molecule has 2 heterocycles. The van der Waals surface area contributed by atoms with E-state index in [2.05, 4.69) is 18.7 Å². The van der Waals surface area contributed by atoms with Crippen molar-refractivity contribution in [1.82, 2.24) is 4.90 Å². The minimum absolute atomic E-state index is 0.0194. The van der Waals surface area contributed by atoms with Gasteiger partial charge in [-0.25, -0.2) is 0 Å². The molecule has 5 atom stereocenters. The molecular formula is C15H26ClNO2. The fourth-order valence-electron chi connectivity index (χ4n) is 3.60. The quantitative estimate of drug-likeness (QED) is 0.747. The Morgan fingerprint density at radius 1 is 1.26 bits per heavy atom. The molecule has 0 aromatic carbocycles. The number of halogens is 1. The van der Waals surface area contributed by atoms with Crippen molar-refractivity contribution >= 4 is 17.5 Å². The predicted molar refractivity (Wildman–Crippen MR) is 77.4 cm³/mol. The Bertz CT molecular complexity index is 321. The molecule has 4 heteroatoms. The van der Waals surface area contributed by atoms with Crippen LogP contribution < -0.4 is 0 Å². The van der Waals surface area contributed by atoms with Gasteiger partial charge in [0.25, 0.3) is 0 Å². The van der Waals surface area contributed by atoms with Gasteiger partial charge in [-0.1, -0.05) is 6.92 Å². The van der Waals surface area contributed by atoms with Gasteiger partial charge in [-0.05, 0) is 45.4 Å². The van der Waals surface area contributed by atoms with Gasteiger partial charge >= 0.3 is 0 Å². The zero-order chi connectivity index (χ0) is 14.0. The molecule has 5 unspecified atom stereocenters. The summed E-state index contributed by atoms with van der Waals surface area (Å²) in [5, 5.41) is 0. The Balaban J connectivity index is 2.08. The van der Waals surface area contributed by atoms with E-state index in [0.717, 1.165) is 25.8 Å². The first-order valence-electron chi connectivity index (χ1n) is 7.58. The van der Waals surface area contributed by atoms with Crippen LogP contribution in [0.1, 0.15) is 46.5 Å². The van der Waals surface area contributed by atoms with Crippen LogP contribution in [-0.2, 0) is 9.53 Å². The number of rotatable bonds is 3. The summed E-state index contributed by atoms with van der Waals surface area (Å²) >= 11 is 5.88. The maximum atomic E-state index is 12.9. The lowest BCUT2D eigenvalue weighted by atomic mass is 9.86. The van der Waals surface area contributed by atoms with Crippen molar-refractivity contribution in [2.75, 3.05) is 12.4 Å². The summed E-state index contributed by atoms with van der Waals surface area (Å²) in [5.74, 6) is 1.25. The van der Waals surface area contributed by atoms with Crippen molar-refractivity contribution in [3.05, 3.63) is 0 Å². The van der Waals surface area contributed by atoms with E-state index in [1.807, 2.05) is 6.92 Å². The molecule has 1 amide bonds. The van der Waals surface area contributed by atoms with Crippen LogP contribution in [0, 0.1) is 11.8 Å². The van der Waals surface area contributed by atoms with E-state index in [4.69, 9.17) is 16.3 Å². The van der Waals surface area contributed by atoms with Gasteiger partial charge in [-0.3, -0.25) is 4.79 Å². The average Bonchev–Trinajstić information content (AvgIpc) is 2.64. The number of ether oxygens (including phenoxy) is 1. The lowest BCUT2D eigenvalue weighted by Crippen LogP contribution is -2.49. The van der Waals surface area contributed by atoms with Gasteiger partial charge in [0, 0.05) is 18.5 Å². The fourth-order valence-corrected chi connectivity index (χ4v) is 3.85. The molecule has 2 aliphatic heterocycles. The molecule has 2 fully saturated rings. The number of hydrogen-bond acceptors (Lipinski definition) is 2. The molecule has 3 nitrogen and oxygen atoms in total. The molecule has 2 aliphatic rings. The molecule has 0 saturated carbocycles. The first-order valence-corrected chi connectivity index (χ1v) is 8.11. The molecule has 0 aromatic rings. The number of amides is 1. The molecule has 0 aromatic heterocycles. The third kappa shape index (κ3) is 3.08. The normalized spacial score (nSPS) is 39.6. The maximum Gasteiger partial charge on any atom is 0.228 e. The molecule has 0 spiro atoms. The topological polar surface area (TPSA) is 29.5 Å². The van der Waals surface area contributed by atoms with Gasteiger partial charge in [0.1, 0.15) is 0 Å². The zero-order valence-corrected chi connectivity index (χ0v) is 13.0. The Morgan fingerprint density at radius 2 is 2.00 bits per heavy atom. The van der Waals surface area contributed by atoms with Crippen LogP contribution in [0.3, 0.4) is 0 Å². The first kappa shape index (κ1) is 15.1. The summed E-state index contributed by atoms with van der Waals surface area (Å²) in [6, 6.07) is 0.342. The Hall–Kier alpha value is -0.280. The molecule has 19 heavy (non-hydrogen) atoms. The van der Waals surface area contributed by atoms with Gasteiger partial charge in [0.05, 0.1) is 18.1 Å². The van der Waals surface area contributed by atoms with Crippen LogP contribution in [0.5, 0.6) is 0 Å². The highest BCUT2D eigenvalue weighted by atomic mass is 35.5. The standard InChI is InChI=1S/C15H26ClNO2/c1-10-11(2)19-12(3)14(10)15(18)17-9-5-4-6-13(17)7-8-16/h10-14H,4-9H2,1-3H3. The van der Waals surface area contributed by atoms with Gasteiger partial charge in [0.2, 0.25) is 5.91 Å². The summed E-state index contributed by atoms with van der Waals surface area (Å²) in [6.07, 6.45) is 4.57. The van der Waals surface area contributed by atoms with Crippen LogP contribution >= 0.6 is 11.6 Å². The maximum absolute atomic E-state index is 12.9. The Labute approximate surface area is 121 Å². The van der Waals surface area contributed by atoms with Crippen molar-refractivity contribution in [1.29, 1.82) is 0 Å². The number of alkyl halides is 1. The van der Waals surface area contributed by atoms with Crippen LogP contribution in [0.2, 0.25) is 0 Å². The highest BCUT2D eigenvalue weighted by molar-refractivity contribution is 6.17. The second-order valence-electron chi connectivity index (χ2n) is 6.09. The molecule has 2 rings (SSSR count). The molecule has 110 valence electrons. The molecule has 0 aliphatic carbocycles. The van der Waals surface area contributed by atoms with E-state index >= 15 is 0 Å². The largest absolute Gasteiger partial charge is 0.374 e. The summed E-state index contributed by atoms with van der Waals surface area (Å²) < 4.78 is 5.82. The Morgan fingerprint density at radius 3 is 2.58 bits per heavy atom. The summed E-state index contributed by atoms with van der Waals surface area (Å²) in [5.41, 5.74) is 0. The fraction of sp³-hybridized carbons (Fsp3) is 0.933. The second-order valence-corrected chi connectivity index (χ2v) is 6.47. The lowest BCUT2D eigenvalue weighted by molar-refractivity contribution is -0.141. The van der Waals surface area contributed by atoms with E-state index in [0.29, 0.717) is 23.7 Å². The number of likely N-dealkylation sites (tertiary alicyclic amines) is 1. The number of carbonyl (C=O) groups is 1. The minimum Gasteiger partial charge on any atom is -0.374 e. The van der Waals surface area contributed by atoms with Crippen LogP contribution in [0.4, 0.5) is 0 Å². The highest BCUT2D eigenvalue weighted by Crippen LogP contribution is 2.35. The number of carbonyl (C=O) groups excluding carboxylic acids is 1. The van der Waals surface area contributed by atoms with Gasteiger partial charge < -0.3 is 9.64 Å². The van der Waals surface area contributed by atoms with E-state index in [-0.39, 0.29) is 18.1 Å². The van der Waals surface area contributed by atoms with Crippen molar-refractivity contribution in [2.24, 2.45) is 11.8 Å². The first-order chi connectivity index (χ1) is 9.06. The summed E-state index contributed by atoms with van der Waals surface area (Å²) in [7, 11) is 0. The minimum atomic E-state index is 0.0194. The lowest BCUT2D eigenvalue weighted by Gasteiger charge is -2.38. The summed E-state index contributed by atoms with van der Waals surface area (Å²) in [4.78, 5) is 14.9. The third-order valence-corrected chi connectivity index (χ3v) is 5.10. The molecule has 2 saturated heterocycles. The molecule has 0 bridgehead atoms. The zero-order valence-electron chi connectivity index (χ0n) is 12.3. The number of hydrogen-bond donors (Lipinski definition) is 0. The SMILES string of the molecule is CC1OC(C)C(C(=O)N2CCCCC2CCCl)C1C. The van der Waals surface area contributed by atoms with E-state index < -0.39 is 0 Å². The van der Waals surface area contributed by atoms with Crippen LogP contribution in [0.15, 0.2) is 0 Å². The van der Waals surface area contributed by atoms with Gasteiger partial charge in [0.15, 0.2) is 0 Å². The smallest absolute Gasteiger partial charge is 0.228 e. The van der Waals surface area contributed by atoms with Crippen molar-refractivity contribution in [3.8, 4) is 0 Å². The predicted octanol–water partition coefficient (Wildman–Crippen LogP) is 3.06. The third-order valence-electron chi connectivity index (χ3n) is 4.88. The molecular weight excluding hydrogens is 262 g/mol. The van der Waals surface area contributed by atoms with E-state index in [9.17, 15) is 4.79 Å². The monoisotopic (exact) mass is 287 g/mol. The highest BCUT2D eigenvalue weighted by Gasteiger charge is 2.44. The number of piperidine rings is 1. The van der Waals surface area contributed by atoms with Gasteiger partial charge in [-0.2, -0.15) is 0 Å². The van der Waals surface area contributed by atoms with Crippen LogP contribution in [0.25, 0.3) is 0 Å². The average molecular weight is 288 g/mol. The Kier molecular flexibility index (Phi) is 5.13. The van der Waals surface area contributed by atoms with Crippen molar-refractivity contribution in [2.45, 2.75) is 64.7 Å². The van der Waals surface area contributed by atoms with Crippen molar-refractivity contribution < 1.29 is 9.53 Å². The van der Waals surface area contributed by atoms with Crippen molar-refractivity contribution in [3.63, 3.8) is 0 Å². The second kappa shape index (κ2) is 6.45. The van der Waals surface area contributed by atoms with Gasteiger partial charge in [-0.15, -0.1) is 11.6 Å². The van der Waals surface area contributed by atoms with Crippen LogP contribution in [-0.4, -0.2) is 41.5 Å². The molecule has 0 N–H and O–H groups in total. The van der Waals surface area contributed by atoms with E-state index in [1.165, 1.54) is 6.42 Å². The number of nitrogens with zero attached hydrogens (tertiary/aromatic N) is 1. The van der Waals surface area contributed by atoms with E-state index in [1.54, 1.807) is 0 Å². The summed E-state index contributed by atoms with van der Waals surface area (Å²) in [6.45, 7) is 7.13.